The molecule has 0 spiro atoms. The zero-order chi connectivity index (χ0) is 21.8. The number of thioether (sulfide) groups is 1. The summed E-state index contributed by atoms with van der Waals surface area (Å²) in [6.45, 7) is 1.88. The molecule has 2 aromatic carbocycles. The Morgan fingerprint density at radius 1 is 1.10 bits per heavy atom. The zero-order valence-electron chi connectivity index (χ0n) is 17.6. The quantitative estimate of drug-likeness (QED) is 0.534. The molecule has 0 bridgehead atoms. The third-order valence-corrected chi connectivity index (χ3v) is 6.35. The molecule has 31 heavy (non-hydrogen) atoms. The summed E-state index contributed by atoms with van der Waals surface area (Å²) in [5.74, 6) is 0.893. The average molecular weight is 457 g/mol. The number of nitrogens with one attached hydrogen (secondary N) is 1. The van der Waals surface area contributed by atoms with Crippen LogP contribution in [-0.4, -0.2) is 53.6 Å². The van der Waals surface area contributed by atoms with Gasteiger partial charge < -0.3 is 15.1 Å². The van der Waals surface area contributed by atoms with Gasteiger partial charge in [-0.25, -0.2) is 0 Å². The fourth-order valence-corrected chi connectivity index (χ4v) is 4.45. The number of carbonyl (C=O) groups is 1. The van der Waals surface area contributed by atoms with E-state index in [2.05, 4.69) is 20.4 Å². The molecule has 1 aliphatic rings. The molecular weight excluding hydrogens is 432 g/mol. The Bertz CT molecular complexity index is 1050. The first-order valence-electron chi connectivity index (χ1n) is 10.2. The summed E-state index contributed by atoms with van der Waals surface area (Å²) in [6.07, 6.45) is 2.26. The second-order valence-corrected chi connectivity index (χ2v) is 8.89. The maximum Gasteiger partial charge on any atom is 0.234 e. The molecule has 0 radical (unpaired) electrons. The molecule has 0 aliphatic carbocycles. The molecule has 0 saturated carbocycles. The minimum atomic E-state index is -0.0981. The molecule has 1 N–H and O–H groups in total. The van der Waals surface area contributed by atoms with Crippen LogP contribution in [0.15, 0.2) is 53.7 Å². The van der Waals surface area contributed by atoms with Gasteiger partial charge in [0.2, 0.25) is 11.9 Å². The van der Waals surface area contributed by atoms with Crippen molar-refractivity contribution in [2.75, 3.05) is 48.1 Å². The van der Waals surface area contributed by atoms with Crippen LogP contribution in [0.4, 0.5) is 17.3 Å². The number of hydrogen-bond acceptors (Lipinski definition) is 6. The lowest BCUT2D eigenvalue weighted by atomic mass is 10.2. The Balaban J connectivity index is 1.50. The standard InChI is InChI=1S/C22H25ClN6OS/c1-27(2)17-11-9-16(10-12-17)24-20(30)15-31-22-26-25-21(28-13-5-6-14-28)29(22)19-8-4-3-7-18(19)23/h3-4,7-12H,5-6,13-15H2,1-2H3,(H,24,30). The lowest BCUT2D eigenvalue weighted by Crippen LogP contribution is -2.22. The lowest BCUT2D eigenvalue weighted by Gasteiger charge is -2.19. The number of carbonyl (C=O) groups excluding carboxylic acids is 1. The van der Waals surface area contributed by atoms with Gasteiger partial charge in [-0.05, 0) is 49.2 Å². The van der Waals surface area contributed by atoms with Crippen molar-refractivity contribution < 1.29 is 4.79 Å². The lowest BCUT2D eigenvalue weighted by molar-refractivity contribution is -0.113. The van der Waals surface area contributed by atoms with E-state index in [1.807, 2.05) is 72.1 Å². The number of aromatic nitrogens is 3. The molecule has 0 atom stereocenters. The molecule has 3 aromatic rings. The van der Waals surface area contributed by atoms with Crippen molar-refractivity contribution >= 4 is 46.6 Å². The van der Waals surface area contributed by atoms with E-state index in [9.17, 15) is 4.79 Å². The van der Waals surface area contributed by atoms with Gasteiger partial charge in [0.05, 0.1) is 16.5 Å². The third-order valence-electron chi connectivity index (χ3n) is 5.10. The van der Waals surface area contributed by atoms with E-state index < -0.39 is 0 Å². The van der Waals surface area contributed by atoms with Crippen LogP contribution in [0, 0.1) is 0 Å². The molecule has 1 aliphatic heterocycles. The maximum atomic E-state index is 12.5. The highest BCUT2D eigenvalue weighted by atomic mass is 35.5. The smallest absolute Gasteiger partial charge is 0.234 e. The molecule has 1 saturated heterocycles. The maximum absolute atomic E-state index is 12.5. The van der Waals surface area contributed by atoms with E-state index in [0.717, 1.165) is 48.9 Å². The van der Waals surface area contributed by atoms with E-state index in [0.29, 0.717) is 10.2 Å². The molecule has 0 unspecified atom stereocenters. The summed E-state index contributed by atoms with van der Waals surface area (Å²) in [4.78, 5) is 16.8. The van der Waals surface area contributed by atoms with E-state index in [1.165, 1.54) is 11.8 Å². The molecule has 1 aromatic heterocycles. The summed E-state index contributed by atoms with van der Waals surface area (Å²) in [5, 5.41) is 13.0. The van der Waals surface area contributed by atoms with Gasteiger partial charge in [-0.3, -0.25) is 9.36 Å². The molecule has 9 heteroatoms. The second-order valence-electron chi connectivity index (χ2n) is 7.54. The number of anilines is 3. The monoisotopic (exact) mass is 456 g/mol. The van der Waals surface area contributed by atoms with Gasteiger partial charge in [0, 0.05) is 38.6 Å². The molecule has 2 heterocycles. The number of amides is 1. The SMILES string of the molecule is CN(C)c1ccc(NC(=O)CSc2nnc(N3CCCC3)n2-c2ccccc2Cl)cc1. The normalized spacial score (nSPS) is 13.5. The predicted molar refractivity (Wildman–Crippen MR) is 128 cm³/mol. The number of halogens is 1. The van der Waals surface area contributed by atoms with Crippen LogP contribution >= 0.6 is 23.4 Å². The first kappa shape index (κ1) is 21.5. The Hall–Kier alpha value is -2.71. The number of para-hydroxylation sites is 1. The molecular formula is C22H25ClN6OS. The molecule has 1 fully saturated rings. The highest BCUT2D eigenvalue weighted by Crippen LogP contribution is 2.31. The first-order valence-corrected chi connectivity index (χ1v) is 11.5. The Morgan fingerprint density at radius 3 is 2.48 bits per heavy atom. The van der Waals surface area contributed by atoms with Crippen LogP contribution in [-0.2, 0) is 4.79 Å². The molecule has 7 nitrogen and oxygen atoms in total. The second kappa shape index (κ2) is 9.62. The van der Waals surface area contributed by atoms with Crippen LogP contribution in [0.5, 0.6) is 0 Å². The van der Waals surface area contributed by atoms with Crippen molar-refractivity contribution in [1.29, 1.82) is 0 Å². The summed E-state index contributed by atoms with van der Waals surface area (Å²) in [5.41, 5.74) is 2.66. The number of rotatable bonds is 7. The van der Waals surface area contributed by atoms with Crippen molar-refractivity contribution in [2.24, 2.45) is 0 Å². The van der Waals surface area contributed by atoms with Crippen LogP contribution in [0.3, 0.4) is 0 Å². The van der Waals surface area contributed by atoms with Crippen molar-refractivity contribution in [1.82, 2.24) is 14.8 Å². The Morgan fingerprint density at radius 2 is 1.81 bits per heavy atom. The fraction of sp³-hybridized carbons (Fsp3) is 0.318. The highest BCUT2D eigenvalue weighted by molar-refractivity contribution is 7.99. The minimum absolute atomic E-state index is 0.0981. The van der Waals surface area contributed by atoms with E-state index >= 15 is 0 Å². The number of hydrogen-bond donors (Lipinski definition) is 1. The van der Waals surface area contributed by atoms with Gasteiger partial charge >= 0.3 is 0 Å². The van der Waals surface area contributed by atoms with Crippen LogP contribution < -0.4 is 15.1 Å². The van der Waals surface area contributed by atoms with Crippen molar-refractivity contribution in [3.05, 3.63) is 53.6 Å². The van der Waals surface area contributed by atoms with Crippen molar-refractivity contribution in [2.45, 2.75) is 18.0 Å². The molecule has 1 amide bonds. The predicted octanol–water partition coefficient (Wildman–Crippen LogP) is 4.32. The topological polar surface area (TPSA) is 66.3 Å². The first-order chi connectivity index (χ1) is 15.0. The van der Waals surface area contributed by atoms with Crippen LogP contribution in [0.1, 0.15) is 12.8 Å². The van der Waals surface area contributed by atoms with E-state index in [-0.39, 0.29) is 11.7 Å². The number of benzene rings is 2. The zero-order valence-corrected chi connectivity index (χ0v) is 19.2. The van der Waals surface area contributed by atoms with Crippen LogP contribution in [0.25, 0.3) is 5.69 Å². The van der Waals surface area contributed by atoms with Gasteiger partial charge in [-0.2, -0.15) is 0 Å². The van der Waals surface area contributed by atoms with Gasteiger partial charge in [-0.15, -0.1) is 10.2 Å². The summed E-state index contributed by atoms with van der Waals surface area (Å²) < 4.78 is 1.96. The van der Waals surface area contributed by atoms with Crippen molar-refractivity contribution in [3.8, 4) is 5.69 Å². The third kappa shape index (κ3) is 4.97. The molecule has 4 rings (SSSR count). The minimum Gasteiger partial charge on any atom is -0.378 e. The van der Waals surface area contributed by atoms with Gasteiger partial charge in [0.25, 0.3) is 0 Å². The van der Waals surface area contributed by atoms with Crippen LogP contribution in [0.2, 0.25) is 5.02 Å². The molecule has 162 valence electrons. The Labute approximate surface area is 191 Å². The largest absolute Gasteiger partial charge is 0.378 e. The Kier molecular flexibility index (Phi) is 6.67. The van der Waals surface area contributed by atoms with Crippen molar-refractivity contribution in [3.63, 3.8) is 0 Å². The van der Waals surface area contributed by atoms with E-state index in [1.54, 1.807) is 0 Å². The summed E-state index contributed by atoms with van der Waals surface area (Å²) in [7, 11) is 3.96. The summed E-state index contributed by atoms with van der Waals surface area (Å²) in [6, 6.07) is 15.4. The van der Waals surface area contributed by atoms with Gasteiger partial charge in [0.15, 0.2) is 5.16 Å². The number of nitrogens with zero attached hydrogens (tertiary/aromatic N) is 5. The summed E-state index contributed by atoms with van der Waals surface area (Å²) >= 11 is 7.83. The van der Waals surface area contributed by atoms with E-state index in [4.69, 9.17) is 11.6 Å². The van der Waals surface area contributed by atoms with Gasteiger partial charge in [-0.1, -0.05) is 35.5 Å². The average Bonchev–Trinajstić information content (AvgIpc) is 3.43. The highest BCUT2D eigenvalue weighted by Gasteiger charge is 2.24. The fourth-order valence-electron chi connectivity index (χ4n) is 3.49. The van der Waals surface area contributed by atoms with Gasteiger partial charge in [0.1, 0.15) is 0 Å².